The van der Waals surface area contributed by atoms with Gasteiger partial charge in [0.15, 0.2) is 17.5 Å². The first kappa shape index (κ1) is 23.0. The first-order chi connectivity index (χ1) is 17.0. The van der Waals surface area contributed by atoms with E-state index in [1.807, 2.05) is 43.1 Å². The van der Waals surface area contributed by atoms with Crippen molar-refractivity contribution >= 4 is 28.8 Å². The van der Waals surface area contributed by atoms with E-state index in [-0.39, 0.29) is 17.3 Å². The smallest absolute Gasteiger partial charge is 0.252 e. The lowest BCUT2D eigenvalue weighted by molar-refractivity contribution is 0.803. The summed E-state index contributed by atoms with van der Waals surface area (Å²) in [4.78, 5) is 14.8. The molecule has 0 fully saturated rings. The van der Waals surface area contributed by atoms with Crippen LogP contribution in [0.1, 0.15) is 22.3 Å². The van der Waals surface area contributed by atoms with E-state index in [1.165, 1.54) is 10.9 Å². The van der Waals surface area contributed by atoms with Crippen molar-refractivity contribution in [2.45, 2.75) is 13.8 Å². The molecule has 1 N–H and O–H groups in total. The number of hydrogen-bond donors (Lipinski definition) is 1. The van der Waals surface area contributed by atoms with Gasteiger partial charge < -0.3 is 10.2 Å². The van der Waals surface area contributed by atoms with Crippen molar-refractivity contribution in [1.82, 2.24) is 24.7 Å². The van der Waals surface area contributed by atoms with Gasteiger partial charge in [0.2, 0.25) is 0 Å². The molecular weight excluding hydrogens is 442 g/mol. The number of rotatable bonds is 6. The average molecular weight is 464 g/mol. The molecule has 3 aromatic heterocycles. The number of aryl methyl sites for hydroxylation is 1. The molecule has 35 heavy (non-hydrogen) atoms. The van der Waals surface area contributed by atoms with Gasteiger partial charge >= 0.3 is 0 Å². The molecule has 4 rings (SSSR count). The predicted octanol–water partition coefficient (Wildman–Crippen LogP) is 4.64. The highest BCUT2D eigenvalue weighted by Crippen LogP contribution is 2.37. The lowest BCUT2D eigenvalue weighted by Gasteiger charge is -2.22. The summed E-state index contributed by atoms with van der Waals surface area (Å²) in [5.74, 6) is 1.33. The van der Waals surface area contributed by atoms with Gasteiger partial charge in [0.1, 0.15) is 29.0 Å². The summed E-state index contributed by atoms with van der Waals surface area (Å²) in [7, 11) is 3.57. The highest BCUT2D eigenvalue weighted by molar-refractivity contribution is 5.77. The Labute approximate surface area is 202 Å². The molecule has 11 heteroatoms. The monoisotopic (exact) mass is 463 g/mol. The van der Waals surface area contributed by atoms with Crippen LogP contribution in [0.25, 0.3) is 5.95 Å². The quantitative estimate of drug-likeness (QED) is 0.407. The standard InChI is InChI=1S/C24H21N11/c1-15-6-8-18(9-7-15)34(4)23-19(13-26)16(2)20(21(27-3)31-23)32-33-22-17(12-25)14-30-35(22)24-28-10-5-11-29-24/h5-11,14H,1-4H3,(H,27,31)/b33-32+. The summed E-state index contributed by atoms with van der Waals surface area (Å²) in [5.41, 5.74) is 3.55. The van der Waals surface area contributed by atoms with Crippen molar-refractivity contribution in [3.63, 3.8) is 0 Å². The van der Waals surface area contributed by atoms with Crippen molar-refractivity contribution < 1.29 is 0 Å². The van der Waals surface area contributed by atoms with E-state index in [2.05, 4.69) is 47.7 Å². The topological polar surface area (TPSA) is 144 Å². The molecule has 0 aliphatic heterocycles. The summed E-state index contributed by atoms with van der Waals surface area (Å²) < 4.78 is 1.33. The van der Waals surface area contributed by atoms with Crippen LogP contribution in [0, 0.1) is 36.5 Å². The molecule has 0 spiro atoms. The minimum Gasteiger partial charge on any atom is -0.371 e. The van der Waals surface area contributed by atoms with Crippen LogP contribution in [0.5, 0.6) is 0 Å². The highest BCUT2D eigenvalue weighted by Gasteiger charge is 2.21. The summed E-state index contributed by atoms with van der Waals surface area (Å²) >= 11 is 0. The van der Waals surface area contributed by atoms with Gasteiger partial charge in [-0.1, -0.05) is 17.7 Å². The summed E-state index contributed by atoms with van der Waals surface area (Å²) in [5, 5.41) is 35.4. The molecule has 0 aliphatic rings. The van der Waals surface area contributed by atoms with Crippen molar-refractivity contribution in [3.8, 4) is 18.1 Å². The summed E-state index contributed by atoms with van der Waals surface area (Å²) in [6.07, 6.45) is 4.49. The third-order valence-electron chi connectivity index (χ3n) is 5.33. The maximum Gasteiger partial charge on any atom is 0.252 e. The molecule has 0 radical (unpaired) electrons. The normalized spacial score (nSPS) is 10.7. The minimum atomic E-state index is 0.166. The lowest BCUT2D eigenvalue weighted by atomic mass is 10.1. The molecule has 4 aromatic rings. The van der Waals surface area contributed by atoms with E-state index in [9.17, 15) is 10.5 Å². The molecule has 0 saturated heterocycles. The van der Waals surface area contributed by atoms with Crippen LogP contribution in [-0.2, 0) is 0 Å². The van der Waals surface area contributed by atoms with E-state index in [1.54, 1.807) is 32.4 Å². The maximum absolute atomic E-state index is 9.97. The number of hydrogen-bond acceptors (Lipinski definition) is 10. The molecule has 0 unspecified atom stereocenters. The predicted molar refractivity (Wildman–Crippen MR) is 131 cm³/mol. The number of azo groups is 1. The molecule has 0 saturated carbocycles. The summed E-state index contributed by atoms with van der Waals surface area (Å²) in [6.45, 7) is 3.80. The van der Waals surface area contributed by atoms with Crippen LogP contribution in [0.3, 0.4) is 0 Å². The van der Waals surface area contributed by atoms with Crippen LogP contribution < -0.4 is 10.2 Å². The fourth-order valence-electron chi connectivity index (χ4n) is 3.40. The van der Waals surface area contributed by atoms with E-state index in [0.717, 1.165) is 11.3 Å². The molecule has 3 heterocycles. The molecule has 0 atom stereocenters. The van der Waals surface area contributed by atoms with Crippen LogP contribution in [-0.4, -0.2) is 38.8 Å². The van der Waals surface area contributed by atoms with Gasteiger partial charge in [0, 0.05) is 37.7 Å². The third kappa shape index (κ3) is 4.38. The van der Waals surface area contributed by atoms with Gasteiger partial charge in [0.05, 0.1) is 6.20 Å². The van der Waals surface area contributed by atoms with Gasteiger partial charge in [0.25, 0.3) is 5.95 Å². The van der Waals surface area contributed by atoms with Crippen molar-refractivity contribution in [1.29, 1.82) is 10.5 Å². The second-order valence-electron chi connectivity index (χ2n) is 7.54. The Kier molecular flexibility index (Phi) is 6.42. The highest BCUT2D eigenvalue weighted by atomic mass is 15.4. The number of nitrogens with one attached hydrogen (secondary N) is 1. The van der Waals surface area contributed by atoms with E-state index >= 15 is 0 Å². The Morgan fingerprint density at radius 3 is 2.37 bits per heavy atom. The minimum absolute atomic E-state index is 0.166. The number of nitriles is 2. The zero-order valence-corrected chi connectivity index (χ0v) is 19.6. The Morgan fingerprint density at radius 1 is 1.03 bits per heavy atom. The van der Waals surface area contributed by atoms with Gasteiger partial charge in [-0.15, -0.1) is 10.2 Å². The van der Waals surface area contributed by atoms with Crippen LogP contribution in [0.15, 0.2) is 59.2 Å². The zero-order valence-electron chi connectivity index (χ0n) is 19.6. The number of benzene rings is 1. The van der Waals surface area contributed by atoms with Crippen LogP contribution >= 0.6 is 0 Å². The second kappa shape index (κ2) is 9.77. The first-order valence-corrected chi connectivity index (χ1v) is 10.6. The van der Waals surface area contributed by atoms with Crippen molar-refractivity contribution in [2.24, 2.45) is 10.2 Å². The fourth-order valence-corrected chi connectivity index (χ4v) is 3.40. The van der Waals surface area contributed by atoms with Gasteiger partial charge in [-0.25, -0.2) is 15.0 Å². The van der Waals surface area contributed by atoms with E-state index in [4.69, 9.17) is 0 Å². The number of nitrogens with zero attached hydrogens (tertiary/aromatic N) is 10. The largest absolute Gasteiger partial charge is 0.371 e. The van der Waals surface area contributed by atoms with Crippen LogP contribution in [0.4, 0.5) is 28.8 Å². The fraction of sp³-hybridized carbons (Fsp3) is 0.167. The van der Waals surface area contributed by atoms with Gasteiger partial charge in [-0.2, -0.15) is 20.3 Å². The molecule has 1 aromatic carbocycles. The Bertz CT molecular complexity index is 1470. The Balaban J connectivity index is 1.81. The zero-order chi connectivity index (χ0) is 24.9. The third-order valence-corrected chi connectivity index (χ3v) is 5.33. The number of aromatic nitrogens is 5. The molecule has 0 aliphatic carbocycles. The maximum atomic E-state index is 9.97. The van der Waals surface area contributed by atoms with Crippen molar-refractivity contribution in [2.75, 3.05) is 24.3 Å². The lowest BCUT2D eigenvalue weighted by Crippen LogP contribution is -2.15. The SMILES string of the molecule is CNc1nc(N(C)c2ccc(C)cc2)c(C#N)c(C)c1/N=N/c1c(C#N)cnn1-c1ncccn1. The van der Waals surface area contributed by atoms with Crippen molar-refractivity contribution in [3.05, 3.63) is 71.2 Å². The number of pyridine rings is 1. The molecule has 11 nitrogen and oxygen atoms in total. The molecule has 172 valence electrons. The second-order valence-corrected chi connectivity index (χ2v) is 7.54. The number of anilines is 3. The average Bonchev–Trinajstić information content (AvgIpc) is 3.31. The van der Waals surface area contributed by atoms with Gasteiger partial charge in [-0.3, -0.25) is 0 Å². The molecule has 0 amide bonds. The first-order valence-electron chi connectivity index (χ1n) is 10.6. The Hall–Kier alpha value is -5.16. The molecule has 0 bridgehead atoms. The Morgan fingerprint density at radius 2 is 1.74 bits per heavy atom. The molecular formula is C24H21N11. The van der Waals surface area contributed by atoms with E-state index < -0.39 is 0 Å². The van der Waals surface area contributed by atoms with Gasteiger partial charge in [-0.05, 0) is 32.0 Å². The summed E-state index contributed by atoms with van der Waals surface area (Å²) in [6, 6.07) is 13.9. The van der Waals surface area contributed by atoms with E-state index in [0.29, 0.717) is 28.5 Å². The van der Waals surface area contributed by atoms with Crippen LogP contribution in [0.2, 0.25) is 0 Å².